The first-order chi connectivity index (χ1) is 8.55. The number of halogens is 10. The first-order valence-electron chi connectivity index (χ1n) is 4.11. The molecule has 3 N–H and O–H groups in total. The third kappa shape index (κ3) is 2.29. The lowest BCUT2D eigenvalue weighted by Crippen LogP contribution is -2.67. The Labute approximate surface area is 102 Å². The van der Waals surface area contributed by atoms with Gasteiger partial charge in [-0.05, 0) is 0 Å². The van der Waals surface area contributed by atoms with Gasteiger partial charge in [0.1, 0.15) is 0 Å². The molecule has 0 heterocycles. The Hall–Kier alpha value is -1.53. The van der Waals surface area contributed by atoms with E-state index in [0.717, 1.165) is 0 Å². The number of aliphatic hydroxyl groups is 1. The van der Waals surface area contributed by atoms with Crippen LogP contribution in [-0.4, -0.2) is 34.6 Å². The molecule has 0 fully saturated rings. The molecule has 0 spiro atoms. The van der Waals surface area contributed by atoms with Gasteiger partial charge in [0, 0.05) is 0 Å². The molecule has 0 saturated heterocycles. The van der Waals surface area contributed by atoms with Gasteiger partial charge in [-0.1, -0.05) is 0 Å². The fourth-order valence-corrected chi connectivity index (χ4v) is 0.823. The quantitative estimate of drug-likeness (QED) is 0.761. The summed E-state index contributed by atoms with van der Waals surface area (Å²) in [5.41, 5.74) is 3.67. The zero-order chi connectivity index (χ0) is 16.7. The van der Waals surface area contributed by atoms with Crippen LogP contribution in [0.1, 0.15) is 0 Å². The highest BCUT2D eigenvalue weighted by molar-refractivity contribution is 5.83. The van der Waals surface area contributed by atoms with Gasteiger partial charge in [-0.2, -0.15) is 43.9 Å². The molecule has 13 heteroatoms. The molecule has 20 heavy (non-hydrogen) atoms. The van der Waals surface area contributed by atoms with Gasteiger partial charge in [-0.15, -0.1) is 0 Å². The van der Waals surface area contributed by atoms with Crippen LogP contribution in [-0.2, 0) is 4.79 Å². The monoisotopic (exact) mass is 323 g/mol. The van der Waals surface area contributed by atoms with Crippen molar-refractivity contribution < 1.29 is 53.8 Å². The molecule has 0 aliphatic rings. The molecule has 1 amide bonds. The van der Waals surface area contributed by atoms with E-state index in [1.807, 2.05) is 0 Å². The van der Waals surface area contributed by atoms with Gasteiger partial charge in [0.05, 0.1) is 0 Å². The van der Waals surface area contributed by atoms with Gasteiger partial charge in [0.2, 0.25) is 5.83 Å². The minimum atomic E-state index is -7.15. The van der Waals surface area contributed by atoms with Crippen LogP contribution < -0.4 is 5.73 Å². The molecule has 0 aromatic rings. The first-order valence-corrected chi connectivity index (χ1v) is 4.11. The summed E-state index contributed by atoms with van der Waals surface area (Å²) in [6.07, 6.45) is -4.01. The van der Waals surface area contributed by atoms with Crippen molar-refractivity contribution in [2.45, 2.75) is 23.6 Å². The molecular formula is C7H3F10NO2. The fourth-order valence-electron chi connectivity index (χ4n) is 0.823. The second-order valence-corrected chi connectivity index (χ2v) is 3.28. The first kappa shape index (κ1) is 18.5. The van der Waals surface area contributed by atoms with Crippen LogP contribution >= 0.6 is 0 Å². The van der Waals surface area contributed by atoms with Crippen molar-refractivity contribution in [1.29, 1.82) is 0 Å². The van der Waals surface area contributed by atoms with Gasteiger partial charge >= 0.3 is 29.7 Å². The number of nitrogens with two attached hydrogens (primary N) is 1. The van der Waals surface area contributed by atoms with Gasteiger partial charge in [-0.25, -0.2) is 0 Å². The summed E-state index contributed by atoms with van der Waals surface area (Å²) in [5, 5.41) is 8.07. The van der Waals surface area contributed by atoms with Crippen LogP contribution in [0, 0.1) is 0 Å². The van der Waals surface area contributed by atoms with E-state index in [1.165, 1.54) is 0 Å². The Morgan fingerprint density at radius 1 is 0.850 bits per heavy atom. The zero-order valence-corrected chi connectivity index (χ0v) is 8.71. The summed E-state index contributed by atoms with van der Waals surface area (Å²) in [7, 11) is 0. The third-order valence-corrected chi connectivity index (χ3v) is 1.97. The van der Waals surface area contributed by atoms with Crippen LogP contribution in [0.25, 0.3) is 0 Å². The molecule has 0 radical (unpaired) electrons. The second kappa shape index (κ2) is 4.79. The molecule has 0 aromatic heterocycles. The molecule has 118 valence electrons. The lowest BCUT2D eigenvalue weighted by Gasteiger charge is -2.35. The number of hydrogen-bond acceptors (Lipinski definition) is 2. The van der Waals surface area contributed by atoms with E-state index in [-0.39, 0.29) is 0 Å². The number of carbonyl (C=O) groups excluding carboxylic acids is 1. The summed E-state index contributed by atoms with van der Waals surface area (Å²) in [6.45, 7) is 0. The smallest absolute Gasteiger partial charge is 0.364 e. The molecule has 0 bridgehead atoms. The molecule has 3 nitrogen and oxygen atoms in total. The highest BCUT2D eigenvalue weighted by Crippen LogP contribution is 2.53. The number of primary amides is 1. The molecule has 0 rings (SSSR count). The number of rotatable bonds is 5. The summed E-state index contributed by atoms with van der Waals surface area (Å²) >= 11 is 0. The van der Waals surface area contributed by atoms with Crippen molar-refractivity contribution in [1.82, 2.24) is 0 Å². The number of amides is 1. The molecule has 0 aliphatic carbocycles. The predicted molar refractivity (Wildman–Crippen MR) is 40.4 cm³/mol. The molecule has 0 aromatic carbocycles. The maximum Gasteiger partial charge on any atom is 0.392 e. The predicted octanol–water partition coefficient (Wildman–Crippen LogP) is 2.11. The Morgan fingerprint density at radius 2 is 1.20 bits per heavy atom. The molecule has 0 aliphatic heterocycles. The van der Waals surface area contributed by atoms with Crippen LogP contribution in [0.3, 0.4) is 0 Å². The number of alkyl halides is 7. The lowest BCUT2D eigenvalue weighted by molar-refractivity contribution is -0.366. The highest BCUT2D eigenvalue weighted by atomic mass is 19.3. The van der Waals surface area contributed by atoms with Crippen molar-refractivity contribution in [2.24, 2.45) is 5.73 Å². The van der Waals surface area contributed by atoms with Crippen molar-refractivity contribution in [3.05, 3.63) is 11.9 Å². The van der Waals surface area contributed by atoms with E-state index in [1.54, 1.807) is 0 Å². The maximum absolute atomic E-state index is 12.8. The SMILES string of the molecule is NC(=O)C(F)(F)C(F)(F)C(F)(F)C(O)(F)C(F)=C(F)F. The Bertz CT molecular complexity index is 439. The second-order valence-electron chi connectivity index (χ2n) is 3.28. The van der Waals surface area contributed by atoms with Crippen LogP contribution in [0.4, 0.5) is 43.9 Å². The van der Waals surface area contributed by atoms with E-state index in [9.17, 15) is 48.7 Å². The molecule has 0 saturated carbocycles. The Balaban J connectivity index is 6.12. The van der Waals surface area contributed by atoms with Crippen LogP contribution in [0.5, 0.6) is 0 Å². The van der Waals surface area contributed by atoms with Crippen LogP contribution in [0.15, 0.2) is 11.9 Å². The minimum Gasteiger partial charge on any atom is -0.364 e. The normalized spacial score (nSPS) is 16.6. The largest absolute Gasteiger partial charge is 0.392 e. The van der Waals surface area contributed by atoms with Crippen molar-refractivity contribution in [3.63, 3.8) is 0 Å². The van der Waals surface area contributed by atoms with E-state index >= 15 is 0 Å². The summed E-state index contributed by atoms with van der Waals surface area (Å²) in [4.78, 5) is 9.95. The zero-order valence-electron chi connectivity index (χ0n) is 8.71. The maximum atomic E-state index is 12.8. The van der Waals surface area contributed by atoms with Gasteiger partial charge in [0.15, 0.2) is 0 Å². The minimum absolute atomic E-state index is 3.39. The highest BCUT2D eigenvalue weighted by Gasteiger charge is 2.83. The van der Waals surface area contributed by atoms with Gasteiger partial charge in [0.25, 0.3) is 5.91 Å². The number of carbonyl (C=O) groups is 1. The lowest BCUT2D eigenvalue weighted by atomic mass is 9.96. The molecular weight excluding hydrogens is 320 g/mol. The average Bonchev–Trinajstić information content (AvgIpc) is 2.26. The van der Waals surface area contributed by atoms with Crippen molar-refractivity contribution in [2.75, 3.05) is 0 Å². The average molecular weight is 323 g/mol. The molecule has 1 atom stereocenters. The summed E-state index contributed by atoms with van der Waals surface area (Å²) in [6, 6.07) is 0. The van der Waals surface area contributed by atoms with Crippen LogP contribution in [0.2, 0.25) is 0 Å². The number of hydrogen-bond donors (Lipinski definition) is 2. The summed E-state index contributed by atoms with van der Waals surface area (Å²) in [5.74, 6) is -34.7. The van der Waals surface area contributed by atoms with Crippen molar-refractivity contribution >= 4 is 5.91 Å². The third-order valence-electron chi connectivity index (χ3n) is 1.97. The van der Waals surface area contributed by atoms with E-state index in [2.05, 4.69) is 5.73 Å². The Kier molecular flexibility index (Phi) is 4.42. The summed E-state index contributed by atoms with van der Waals surface area (Å²) < 4.78 is 124. The fraction of sp³-hybridized carbons (Fsp3) is 0.571. The standard InChI is InChI=1S/C7H3F10NO2/c8-1(2(9)10)5(13,20)7(16,17)6(14,15)4(11,12)3(18)19/h20H,(H2,18,19). The Morgan fingerprint density at radius 3 is 1.45 bits per heavy atom. The topological polar surface area (TPSA) is 63.3 Å². The van der Waals surface area contributed by atoms with Gasteiger partial charge < -0.3 is 10.8 Å². The van der Waals surface area contributed by atoms with E-state index in [4.69, 9.17) is 5.11 Å². The van der Waals surface area contributed by atoms with Crippen molar-refractivity contribution in [3.8, 4) is 0 Å². The van der Waals surface area contributed by atoms with Gasteiger partial charge in [-0.3, -0.25) is 4.79 Å². The molecule has 1 unspecified atom stereocenters. The van der Waals surface area contributed by atoms with E-state index in [0.29, 0.717) is 0 Å². The van der Waals surface area contributed by atoms with E-state index < -0.39 is 41.4 Å².